The van der Waals surface area contributed by atoms with E-state index in [0.29, 0.717) is 0 Å². The van der Waals surface area contributed by atoms with Crippen molar-refractivity contribution in [3.05, 3.63) is 29.8 Å². The summed E-state index contributed by atoms with van der Waals surface area (Å²) >= 11 is 0. The van der Waals surface area contributed by atoms with E-state index in [1.54, 1.807) is 0 Å². The maximum absolute atomic E-state index is 2.65. The minimum absolute atomic E-state index is 0.248. The van der Waals surface area contributed by atoms with Crippen molar-refractivity contribution >= 4 is 15.1 Å². The van der Waals surface area contributed by atoms with Crippen LogP contribution in [0.5, 0.6) is 0 Å². The fraction of sp³-hybridized carbons (Fsp3) is 0.455. The molecule has 0 aromatic heterocycles. The van der Waals surface area contributed by atoms with Gasteiger partial charge in [-0.1, -0.05) is 32.9 Å². The molecule has 1 nitrogen and oxygen atoms in total. The lowest BCUT2D eigenvalue weighted by atomic mass is 9.87. The van der Waals surface area contributed by atoms with Gasteiger partial charge >= 0.3 is 0 Å². The van der Waals surface area contributed by atoms with Gasteiger partial charge in [0.15, 0.2) is 0 Å². The Bertz CT molecular complexity index is 269. The molecular weight excluding hydrogens is 177 g/mol. The molecule has 0 spiro atoms. The third-order valence-electron chi connectivity index (χ3n) is 2.14. The Morgan fingerprint density at radius 1 is 1.08 bits per heavy atom. The maximum atomic E-state index is 2.65. The maximum Gasteiger partial charge on any atom is 0.0392 e. The summed E-state index contributed by atoms with van der Waals surface area (Å²) in [6, 6.07) is 8.67. The average molecular weight is 195 g/mol. The topological polar surface area (TPSA) is 3.24 Å². The molecule has 0 saturated heterocycles. The summed E-state index contributed by atoms with van der Waals surface area (Å²) < 4.78 is 2.03. The van der Waals surface area contributed by atoms with E-state index in [9.17, 15) is 0 Å². The largest absolute Gasteiger partial charge is 0.359 e. The summed E-state index contributed by atoms with van der Waals surface area (Å²) in [7, 11) is 4.68. The van der Waals surface area contributed by atoms with Gasteiger partial charge in [-0.15, -0.1) is 0 Å². The first kappa shape index (κ1) is 10.5. The molecule has 1 unspecified atom stereocenters. The fourth-order valence-corrected chi connectivity index (χ4v) is 1.37. The van der Waals surface area contributed by atoms with Crippen LogP contribution in [-0.4, -0.2) is 7.05 Å². The lowest BCUT2D eigenvalue weighted by Gasteiger charge is -2.20. The van der Waals surface area contributed by atoms with Crippen molar-refractivity contribution in [2.75, 3.05) is 11.7 Å². The smallest absolute Gasteiger partial charge is 0.0392 e. The average Bonchev–Trinajstić information content (AvgIpc) is 2.03. The van der Waals surface area contributed by atoms with Crippen molar-refractivity contribution in [3.63, 3.8) is 0 Å². The molecule has 0 amide bonds. The van der Waals surface area contributed by atoms with E-state index >= 15 is 0 Å². The molecule has 1 atom stereocenters. The molecular formula is C11H18NP. The monoisotopic (exact) mass is 195 g/mol. The SMILES string of the molecule is CN(P)c1ccc(C(C)(C)C)cc1. The lowest BCUT2D eigenvalue weighted by molar-refractivity contribution is 0.590. The molecule has 0 saturated carbocycles. The Morgan fingerprint density at radius 2 is 1.54 bits per heavy atom. The van der Waals surface area contributed by atoms with Gasteiger partial charge in [0.05, 0.1) is 0 Å². The van der Waals surface area contributed by atoms with Crippen LogP contribution in [0.1, 0.15) is 26.3 Å². The molecule has 1 aromatic carbocycles. The molecule has 0 aliphatic heterocycles. The van der Waals surface area contributed by atoms with Crippen molar-refractivity contribution in [1.82, 2.24) is 0 Å². The van der Waals surface area contributed by atoms with Crippen molar-refractivity contribution in [2.45, 2.75) is 26.2 Å². The number of anilines is 1. The summed E-state index contributed by atoms with van der Waals surface area (Å²) in [4.78, 5) is 0. The minimum Gasteiger partial charge on any atom is -0.359 e. The van der Waals surface area contributed by atoms with E-state index in [2.05, 4.69) is 54.4 Å². The molecule has 0 N–H and O–H groups in total. The molecule has 1 aromatic rings. The zero-order valence-corrected chi connectivity index (χ0v) is 9.99. The molecule has 0 aliphatic rings. The van der Waals surface area contributed by atoms with Crippen LogP contribution >= 0.6 is 9.39 Å². The van der Waals surface area contributed by atoms with Gasteiger partial charge in [-0.2, -0.15) is 0 Å². The van der Waals surface area contributed by atoms with Crippen molar-refractivity contribution in [1.29, 1.82) is 0 Å². The fourth-order valence-electron chi connectivity index (χ4n) is 1.20. The Kier molecular flexibility index (Phi) is 2.98. The van der Waals surface area contributed by atoms with Crippen LogP contribution in [0.25, 0.3) is 0 Å². The molecule has 0 heterocycles. The number of hydrogen-bond acceptors (Lipinski definition) is 1. The highest BCUT2D eigenvalue weighted by Gasteiger charge is 2.12. The second-order valence-electron chi connectivity index (χ2n) is 4.41. The number of rotatable bonds is 1. The molecule has 2 heteroatoms. The van der Waals surface area contributed by atoms with Crippen LogP contribution < -0.4 is 4.67 Å². The number of benzene rings is 1. The molecule has 0 fully saturated rings. The lowest BCUT2D eigenvalue weighted by Crippen LogP contribution is -2.11. The van der Waals surface area contributed by atoms with Gasteiger partial charge in [-0.25, -0.2) is 0 Å². The zero-order chi connectivity index (χ0) is 10.1. The second-order valence-corrected chi connectivity index (χ2v) is 5.18. The Labute approximate surface area is 83.4 Å². The third kappa shape index (κ3) is 2.70. The highest BCUT2D eigenvalue weighted by atomic mass is 31.0. The predicted octanol–water partition coefficient (Wildman–Crippen LogP) is 3.21. The summed E-state index contributed by atoms with van der Waals surface area (Å²) in [6.07, 6.45) is 0. The zero-order valence-electron chi connectivity index (χ0n) is 8.83. The van der Waals surface area contributed by atoms with E-state index in [1.165, 1.54) is 11.3 Å². The normalized spacial score (nSPS) is 11.5. The van der Waals surface area contributed by atoms with E-state index in [-0.39, 0.29) is 5.41 Å². The summed E-state index contributed by atoms with van der Waals surface area (Å²) in [5.74, 6) is 0. The molecule has 13 heavy (non-hydrogen) atoms. The van der Waals surface area contributed by atoms with Crippen LogP contribution in [-0.2, 0) is 5.41 Å². The number of nitrogens with zero attached hydrogens (tertiary/aromatic N) is 1. The van der Waals surface area contributed by atoms with Crippen LogP contribution in [0.3, 0.4) is 0 Å². The van der Waals surface area contributed by atoms with Gasteiger partial charge < -0.3 is 4.67 Å². The van der Waals surface area contributed by atoms with Crippen LogP contribution in [0.15, 0.2) is 24.3 Å². The molecule has 0 bridgehead atoms. The Hall–Kier alpha value is -0.550. The van der Waals surface area contributed by atoms with Crippen LogP contribution in [0.2, 0.25) is 0 Å². The first-order valence-corrected chi connectivity index (χ1v) is 5.02. The van der Waals surface area contributed by atoms with Gasteiger partial charge in [-0.3, -0.25) is 0 Å². The first-order valence-electron chi connectivity index (χ1n) is 4.50. The molecule has 72 valence electrons. The first-order chi connectivity index (χ1) is 5.91. The Balaban J connectivity index is 2.94. The minimum atomic E-state index is 0.248. The van der Waals surface area contributed by atoms with E-state index < -0.39 is 0 Å². The summed E-state index contributed by atoms with van der Waals surface area (Å²) in [6.45, 7) is 6.69. The number of hydrogen-bond donors (Lipinski definition) is 0. The van der Waals surface area contributed by atoms with Gasteiger partial charge in [0.25, 0.3) is 0 Å². The van der Waals surface area contributed by atoms with Crippen molar-refractivity contribution in [2.24, 2.45) is 0 Å². The van der Waals surface area contributed by atoms with Crippen LogP contribution in [0.4, 0.5) is 5.69 Å². The van der Waals surface area contributed by atoms with E-state index in [0.717, 1.165) is 0 Å². The Morgan fingerprint density at radius 3 is 1.85 bits per heavy atom. The molecule has 0 radical (unpaired) electrons. The predicted molar refractivity (Wildman–Crippen MR) is 63.3 cm³/mol. The van der Waals surface area contributed by atoms with Gasteiger partial charge in [0, 0.05) is 12.7 Å². The quantitative estimate of drug-likeness (QED) is 0.622. The third-order valence-corrected chi connectivity index (χ3v) is 2.44. The molecule has 1 rings (SSSR count). The molecule has 0 aliphatic carbocycles. The van der Waals surface area contributed by atoms with Crippen molar-refractivity contribution in [3.8, 4) is 0 Å². The van der Waals surface area contributed by atoms with Gasteiger partial charge in [0.2, 0.25) is 0 Å². The standard InChI is InChI=1S/C11H18NP/c1-11(2,3)9-5-7-10(8-6-9)12(4)13/h5-8H,13H2,1-4H3. The second kappa shape index (κ2) is 3.67. The highest BCUT2D eigenvalue weighted by molar-refractivity contribution is 7.19. The van der Waals surface area contributed by atoms with Crippen molar-refractivity contribution < 1.29 is 0 Å². The summed E-state index contributed by atoms with van der Waals surface area (Å²) in [5.41, 5.74) is 2.85. The highest BCUT2D eigenvalue weighted by Crippen LogP contribution is 2.25. The van der Waals surface area contributed by atoms with Crippen LogP contribution in [0, 0.1) is 0 Å². The van der Waals surface area contributed by atoms with Gasteiger partial charge in [-0.05, 0) is 32.5 Å². The van der Waals surface area contributed by atoms with E-state index in [1.807, 2.05) is 11.7 Å². The van der Waals surface area contributed by atoms with Gasteiger partial charge in [0.1, 0.15) is 0 Å². The summed E-state index contributed by atoms with van der Waals surface area (Å²) in [5, 5.41) is 0. The van der Waals surface area contributed by atoms with E-state index in [4.69, 9.17) is 0 Å².